The van der Waals surface area contributed by atoms with E-state index in [2.05, 4.69) is 12.2 Å². The number of hydrogen-bond acceptors (Lipinski definition) is 3. The lowest BCUT2D eigenvalue weighted by molar-refractivity contribution is 0.597. The molecule has 90 valence electrons. The van der Waals surface area contributed by atoms with Crippen molar-refractivity contribution in [2.45, 2.75) is 31.6 Å². The Morgan fingerprint density at radius 3 is 2.62 bits per heavy atom. The molecular formula is C11H18N2O2S. The molecule has 0 saturated carbocycles. The highest BCUT2D eigenvalue weighted by Crippen LogP contribution is 2.21. The van der Waals surface area contributed by atoms with Crippen LogP contribution in [0.3, 0.4) is 0 Å². The Kier molecular flexibility index (Phi) is 4.32. The summed E-state index contributed by atoms with van der Waals surface area (Å²) in [7, 11) is -3.63. The zero-order chi connectivity index (χ0) is 12.2. The molecule has 0 saturated heterocycles. The summed E-state index contributed by atoms with van der Waals surface area (Å²) in [6, 6.07) is 5.08. The molecule has 0 spiro atoms. The van der Waals surface area contributed by atoms with Gasteiger partial charge in [0, 0.05) is 12.2 Å². The molecule has 1 aromatic carbocycles. The molecule has 5 heteroatoms. The lowest BCUT2D eigenvalue weighted by atomic mass is 10.2. The molecule has 0 heterocycles. The molecule has 0 unspecified atom stereocenters. The maximum absolute atomic E-state index is 11.3. The van der Waals surface area contributed by atoms with Crippen LogP contribution in [0.5, 0.6) is 0 Å². The van der Waals surface area contributed by atoms with E-state index in [9.17, 15) is 8.42 Å². The molecule has 0 aliphatic rings. The second-order valence-electron chi connectivity index (χ2n) is 3.75. The van der Waals surface area contributed by atoms with Gasteiger partial charge in [0.15, 0.2) is 0 Å². The minimum atomic E-state index is -3.63. The van der Waals surface area contributed by atoms with Gasteiger partial charge in [-0.1, -0.05) is 19.4 Å². The summed E-state index contributed by atoms with van der Waals surface area (Å²) in [4.78, 5) is 0.189. The molecular weight excluding hydrogens is 224 g/mol. The average molecular weight is 242 g/mol. The van der Waals surface area contributed by atoms with Gasteiger partial charge in [0.2, 0.25) is 10.0 Å². The van der Waals surface area contributed by atoms with Crippen molar-refractivity contribution in [2.24, 2.45) is 5.14 Å². The van der Waals surface area contributed by atoms with Gasteiger partial charge in [0.25, 0.3) is 0 Å². The number of primary sulfonamides is 1. The standard InChI is InChI=1S/C11H18N2O2S/c1-3-4-8-13-10-6-5-7-11(9(10)2)16(12,14)15/h5-7,13H,3-4,8H2,1-2H3,(H2,12,14,15). The third kappa shape index (κ3) is 3.21. The summed E-state index contributed by atoms with van der Waals surface area (Å²) in [6.45, 7) is 4.70. The Morgan fingerprint density at radius 2 is 2.06 bits per heavy atom. The Morgan fingerprint density at radius 1 is 1.38 bits per heavy atom. The fraction of sp³-hybridized carbons (Fsp3) is 0.455. The second kappa shape index (κ2) is 5.32. The van der Waals surface area contributed by atoms with Crippen molar-refractivity contribution in [1.29, 1.82) is 0 Å². The maximum Gasteiger partial charge on any atom is 0.238 e. The SMILES string of the molecule is CCCCNc1cccc(S(N)(=O)=O)c1C. The molecule has 0 amide bonds. The quantitative estimate of drug-likeness (QED) is 0.774. The third-order valence-corrected chi connectivity index (χ3v) is 3.49. The summed E-state index contributed by atoms with van der Waals surface area (Å²) in [5, 5.41) is 8.33. The van der Waals surface area contributed by atoms with E-state index in [0.29, 0.717) is 5.56 Å². The summed E-state index contributed by atoms with van der Waals surface area (Å²) in [5.74, 6) is 0. The average Bonchev–Trinajstić information content (AvgIpc) is 2.19. The third-order valence-electron chi connectivity index (χ3n) is 2.44. The van der Waals surface area contributed by atoms with E-state index in [1.54, 1.807) is 13.0 Å². The molecule has 0 bridgehead atoms. The molecule has 0 fully saturated rings. The zero-order valence-electron chi connectivity index (χ0n) is 9.66. The van der Waals surface area contributed by atoms with Crippen molar-refractivity contribution in [3.63, 3.8) is 0 Å². The van der Waals surface area contributed by atoms with E-state index >= 15 is 0 Å². The van der Waals surface area contributed by atoms with Crippen LogP contribution < -0.4 is 10.5 Å². The van der Waals surface area contributed by atoms with Crippen LogP contribution in [0.25, 0.3) is 0 Å². The molecule has 0 aromatic heterocycles. The largest absolute Gasteiger partial charge is 0.385 e. The first-order valence-electron chi connectivity index (χ1n) is 5.33. The van der Waals surface area contributed by atoms with E-state index < -0.39 is 10.0 Å². The van der Waals surface area contributed by atoms with Gasteiger partial charge in [-0.15, -0.1) is 0 Å². The highest BCUT2D eigenvalue weighted by atomic mass is 32.2. The zero-order valence-corrected chi connectivity index (χ0v) is 10.5. The first-order valence-corrected chi connectivity index (χ1v) is 6.87. The lowest BCUT2D eigenvalue weighted by Crippen LogP contribution is -2.14. The molecule has 0 aliphatic carbocycles. The van der Waals surface area contributed by atoms with Crippen molar-refractivity contribution < 1.29 is 8.42 Å². The molecule has 16 heavy (non-hydrogen) atoms. The van der Waals surface area contributed by atoms with Gasteiger partial charge >= 0.3 is 0 Å². The topological polar surface area (TPSA) is 72.2 Å². The first-order chi connectivity index (χ1) is 7.46. The highest BCUT2D eigenvalue weighted by Gasteiger charge is 2.13. The van der Waals surface area contributed by atoms with Gasteiger partial charge in [-0.2, -0.15) is 0 Å². The van der Waals surface area contributed by atoms with Crippen LogP contribution >= 0.6 is 0 Å². The fourth-order valence-electron chi connectivity index (χ4n) is 1.51. The van der Waals surface area contributed by atoms with Crippen molar-refractivity contribution in [2.75, 3.05) is 11.9 Å². The highest BCUT2D eigenvalue weighted by molar-refractivity contribution is 7.89. The van der Waals surface area contributed by atoms with E-state index in [0.717, 1.165) is 25.1 Å². The van der Waals surface area contributed by atoms with Crippen LogP contribution in [0.4, 0.5) is 5.69 Å². The van der Waals surface area contributed by atoms with Gasteiger partial charge in [-0.25, -0.2) is 13.6 Å². The fourth-order valence-corrected chi connectivity index (χ4v) is 2.32. The summed E-state index contributed by atoms with van der Waals surface area (Å²) in [5.41, 5.74) is 1.51. The minimum absolute atomic E-state index is 0.189. The van der Waals surface area contributed by atoms with Crippen molar-refractivity contribution in [3.8, 4) is 0 Å². The number of benzene rings is 1. The van der Waals surface area contributed by atoms with Crippen molar-refractivity contribution >= 4 is 15.7 Å². The molecule has 0 aliphatic heterocycles. The van der Waals surface area contributed by atoms with Gasteiger partial charge < -0.3 is 5.32 Å². The number of rotatable bonds is 5. The lowest BCUT2D eigenvalue weighted by Gasteiger charge is -2.11. The van der Waals surface area contributed by atoms with Gasteiger partial charge in [0.1, 0.15) is 0 Å². The maximum atomic E-state index is 11.3. The predicted molar refractivity (Wildman–Crippen MR) is 65.9 cm³/mol. The van der Waals surface area contributed by atoms with Crippen LogP contribution in [0.2, 0.25) is 0 Å². The van der Waals surface area contributed by atoms with Crippen LogP contribution in [0.15, 0.2) is 23.1 Å². The van der Waals surface area contributed by atoms with Crippen LogP contribution in [-0.4, -0.2) is 15.0 Å². The summed E-state index contributed by atoms with van der Waals surface area (Å²) in [6.07, 6.45) is 2.15. The molecule has 4 nitrogen and oxygen atoms in total. The molecule has 1 aromatic rings. The van der Waals surface area contributed by atoms with Crippen LogP contribution in [-0.2, 0) is 10.0 Å². The van der Waals surface area contributed by atoms with E-state index in [1.807, 2.05) is 6.07 Å². The van der Waals surface area contributed by atoms with Gasteiger partial charge in [0.05, 0.1) is 4.90 Å². The summed E-state index contributed by atoms with van der Waals surface area (Å²) >= 11 is 0. The minimum Gasteiger partial charge on any atom is -0.385 e. The number of anilines is 1. The van der Waals surface area contributed by atoms with Crippen molar-refractivity contribution in [3.05, 3.63) is 23.8 Å². The number of unbranched alkanes of at least 4 members (excludes halogenated alkanes) is 1. The first kappa shape index (κ1) is 13.0. The monoisotopic (exact) mass is 242 g/mol. The molecule has 0 atom stereocenters. The number of sulfonamides is 1. The van der Waals surface area contributed by atoms with Crippen LogP contribution in [0.1, 0.15) is 25.3 Å². The van der Waals surface area contributed by atoms with Crippen LogP contribution in [0, 0.1) is 6.92 Å². The van der Waals surface area contributed by atoms with E-state index in [-0.39, 0.29) is 4.90 Å². The molecule has 1 rings (SSSR count). The Balaban J connectivity index is 2.96. The Bertz CT molecular complexity index is 455. The smallest absolute Gasteiger partial charge is 0.238 e. The number of nitrogens with two attached hydrogens (primary N) is 1. The van der Waals surface area contributed by atoms with E-state index in [4.69, 9.17) is 5.14 Å². The molecule has 0 radical (unpaired) electrons. The van der Waals surface area contributed by atoms with Gasteiger partial charge in [-0.05, 0) is 31.0 Å². The Labute approximate surface area is 96.9 Å². The molecule has 3 N–H and O–H groups in total. The van der Waals surface area contributed by atoms with Crippen molar-refractivity contribution in [1.82, 2.24) is 0 Å². The second-order valence-corrected chi connectivity index (χ2v) is 5.28. The number of hydrogen-bond donors (Lipinski definition) is 2. The normalized spacial score (nSPS) is 11.4. The van der Waals surface area contributed by atoms with E-state index in [1.165, 1.54) is 6.07 Å². The predicted octanol–water partition coefficient (Wildman–Crippen LogP) is 1.85. The van der Waals surface area contributed by atoms with Gasteiger partial charge in [-0.3, -0.25) is 0 Å². The Hall–Kier alpha value is -1.07. The summed E-state index contributed by atoms with van der Waals surface area (Å²) < 4.78 is 22.6. The number of nitrogens with one attached hydrogen (secondary N) is 1.